The van der Waals surface area contributed by atoms with Crippen molar-refractivity contribution in [3.05, 3.63) is 11.6 Å². The third-order valence-corrected chi connectivity index (χ3v) is 3.60. The van der Waals surface area contributed by atoms with Gasteiger partial charge in [0, 0.05) is 18.2 Å². The zero-order valence-electron chi connectivity index (χ0n) is 11.3. The van der Waals surface area contributed by atoms with Crippen molar-refractivity contribution >= 4 is 5.97 Å². The van der Waals surface area contributed by atoms with E-state index in [0.717, 1.165) is 24.5 Å². The summed E-state index contributed by atoms with van der Waals surface area (Å²) in [6.07, 6.45) is 7.85. The Bertz CT molecular complexity index is 265. The molecule has 0 saturated heterocycles. The molecule has 0 aromatic heterocycles. The number of methoxy groups -OCH3 is 1. The summed E-state index contributed by atoms with van der Waals surface area (Å²) in [4.78, 5) is 11.3. The monoisotopic (exact) mass is 239 g/mol. The van der Waals surface area contributed by atoms with Gasteiger partial charge in [0.05, 0.1) is 7.11 Å². The number of carbonyl (C=O) groups is 1. The number of nitrogens with one attached hydrogen (secondary N) is 1. The largest absolute Gasteiger partial charge is 0.466 e. The van der Waals surface area contributed by atoms with Crippen molar-refractivity contribution in [1.29, 1.82) is 0 Å². The van der Waals surface area contributed by atoms with E-state index in [2.05, 4.69) is 12.2 Å². The molecule has 0 spiro atoms. The van der Waals surface area contributed by atoms with Crippen LogP contribution in [-0.4, -0.2) is 25.7 Å². The first kappa shape index (κ1) is 14.2. The van der Waals surface area contributed by atoms with E-state index in [1.807, 2.05) is 13.0 Å². The Morgan fingerprint density at radius 3 is 2.53 bits per heavy atom. The first-order valence-electron chi connectivity index (χ1n) is 6.68. The number of ether oxygens (including phenoxy) is 1. The fraction of sp³-hybridized carbons (Fsp3) is 0.786. The second-order valence-electron chi connectivity index (χ2n) is 4.94. The minimum absolute atomic E-state index is 0.202. The molecule has 98 valence electrons. The number of hydrogen-bond acceptors (Lipinski definition) is 3. The van der Waals surface area contributed by atoms with Crippen LogP contribution in [0.4, 0.5) is 0 Å². The van der Waals surface area contributed by atoms with E-state index in [0.29, 0.717) is 6.04 Å². The summed E-state index contributed by atoms with van der Waals surface area (Å²) in [5.74, 6) is 0.677. The van der Waals surface area contributed by atoms with E-state index >= 15 is 0 Å². The molecular weight excluding hydrogens is 214 g/mol. The minimum Gasteiger partial charge on any atom is -0.466 e. The lowest BCUT2D eigenvalue weighted by Crippen LogP contribution is -2.33. The molecule has 3 heteroatoms. The highest BCUT2D eigenvalue weighted by Gasteiger charge is 2.17. The minimum atomic E-state index is -0.202. The Labute approximate surface area is 105 Å². The van der Waals surface area contributed by atoms with Gasteiger partial charge >= 0.3 is 5.97 Å². The maximum absolute atomic E-state index is 11.3. The lowest BCUT2D eigenvalue weighted by Gasteiger charge is -2.26. The van der Waals surface area contributed by atoms with Gasteiger partial charge in [-0.05, 0) is 38.0 Å². The second kappa shape index (κ2) is 7.49. The van der Waals surface area contributed by atoms with E-state index in [9.17, 15) is 4.79 Å². The molecule has 0 radical (unpaired) electrons. The molecule has 0 amide bonds. The van der Waals surface area contributed by atoms with Crippen molar-refractivity contribution in [2.75, 3.05) is 13.7 Å². The van der Waals surface area contributed by atoms with Crippen LogP contribution in [0.2, 0.25) is 0 Å². The van der Waals surface area contributed by atoms with Crippen molar-refractivity contribution in [3.8, 4) is 0 Å². The van der Waals surface area contributed by atoms with Gasteiger partial charge < -0.3 is 10.1 Å². The average Bonchev–Trinajstić information content (AvgIpc) is 2.36. The van der Waals surface area contributed by atoms with Crippen molar-refractivity contribution in [2.45, 2.75) is 52.0 Å². The molecule has 0 unspecified atom stereocenters. The molecule has 0 aliphatic heterocycles. The van der Waals surface area contributed by atoms with Gasteiger partial charge in [0.25, 0.3) is 0 Å². The Hall–Kier alpha value is -0.830. The van der Waals surface area contributed by atoms with Crippen LogP contribution in [0.3, 0.4) is 0 Å². The SMILES string of the molecule is CCC(=CCNC1CCC(C)CC1)C(=O)OC. The summed E-state index contributed by atoms with van der Waals surface area (Å²) in [5.41, 5.74) is 0.768. The van der Waals surface area contributed by atoms with Crippen molar-refractivity contribution < 1.29 is 9.53 Å². The molecule has 3 nitrogen and oxygen atoms in total. The lowest BCUT2D eigenvalue weighted by molar-refractivity contribution is -0.136. The summed E-state index contributed by atoms with van der Waals surface area (Å²) in [5, 5.41) is 3.50. The van der Waals surface area contributed by atoms with Gasteiger partial charge in [-0.15, -0.1) is 0 Å². The van der Waals surface area contributed by atoms with E-state index in [1.165, 1.54) is 32.8 Å². The normalized spacial score (nSPS) is 25.7. The molecule has 0 atom stereocenters. The van der Waals surface area contributed by atoms with Gasteiger partial charge in [-0.25, -0.2) is 4.79 Å². The van der Waals surface area contributed by atoms with Crippen LogP contribution in [0, 0.1) is 5.92 Å². The second-order valence-corrected chi connectivity index (χ2v) is 4.94. The maximum atomic E-state index is 11.3. The van der Waals surface area contributed by atoms with Gasteiger partial charge in [0.1, 0.15) is 0 Å². The van der Waals surface area contributed by atoms with Crippen LogP contribution in [-0.2, 0) is 9.53 Å². The molecule has 1 N–H and O–H groups in total. The fourth-order valence-corrected chi connectivity index (χ4v) is 2.32. The highest BCUT2D eigenvalue weighted by molar-refractivity contribution is 5.88. The predicted octanol–water partition coefficient (Wildman–Crippen LogP) is 2.66. The Morgan fingerprint density at radius 2 is 2.00 bits per heavy atom. The van der Waals surface area contributed by atoms with Crippen molar-refractivity contribution in [3.63, 3.8) is 0 Å². The molecular formula is C14H25NO2. The fourth-order valence-electron chi connectivity index (χ4n) is 2.32. The van der Waals surface area contributed by atoms with Crippen LogP contribution < -0.4 is 5.32 Å². The number of rotatable bonds is 5. The number of esters is 1. The summed E-state index contributed by atoms with van der Waals surface area (Å²) < 4.78 is 4.72. The standard InChI is InChI=1S/C14H25NO2/c1-4-12(14(16)17-3)9-10-15-13-7-5-11(2)6-8-13/h9,11,13,15H,4-8,10H2,1-3H3. The molecule has 0 aromatic rings. The molecule has 17 heavy (non-hydrogen) atoms. The molecule has 0 heterocycles. The molecule has 1 rings (SSSR count). The number of hydrogen-bond donors (Lipinski definition) is 1. The Morgan fingerprint density at radius 1 is 1.35 bits per heavy atom. The van der Waals surface area contributed by atoms with Gasteiger partial charge in [0.2, 0.25) is 0 Å². The Kier molecular flexibility index (Phi) is 6.27. The van der Waals surface area contributed by atoms with Crippen molar-refractivity contribution in [1.82, 2.24) is 5.32 Å². The topological polar surface area (TPSA) is 38.3 Å². The predicted molar refractivity (Wildman–Crippen MR) is 69.8 cm³/mol. The lowest BCUT2D eigenvalue weighted by atomic mass is 9.87. The molecule has 1 aliphatic rings. The van der Waals surface area contributed by atoms with Crippen LogP contribution in [0.15, 0.2) is 11.6 Å². The Balaban J connectivity index is 2.30. The molecule has 1 saturated carbocycles. The highest BCUT2D eigenvalue weighted by atomic mass is 16.5. The molecule has 1 fully saturated rings. The highest BCUT2D eigenvalue weighted by Crippen LogP contribution is 2.23. The first-order valence-corrected chi connectivity index (χ1v) is 6.68. The van der Waals surface area contributed by atoms with Gasteiger partial charge in [-0.1, -0.05) is 19.9 Å². The zero-order chi connectivity index (χ0) is 12.7. The van der Waals surface area contributed by atoms with E-state index in [-0.39, 0.29) is 5.97 Å². The third kappa shape index (κ3) is 4.90. The molecule has 1 aliphatic carbocycles. The van der Waals surface area contributed by atoms with Gasteiger partial charge in [-0.3, -0.25) is 0 Å². The van der Waals surface area contributed by atoms with Crippen molar-refractivity contribution in [2.24, 2.45) is 5.92 Å². The van der Waals surface area contributed by atoms with Crippen LogP contribution in [0.25, 0.3) is 0 Å². The van der Waals surface area contributed by atoms with E-state index < -0.39 is 0 Å². The third-order valence-electron chi connectivity index (χ3n) is 3.60. The van der Waals surface area contributed by atoms with E-state index in [1.54, 1.807) is 0 Å². The summed E-state index contributed by atoms with van der Waals surface area (Å²) in [7, 11) is 1.43. The van der Waals surface area contributed by atoms with E-state index in [4.69, 9.17) is 4.74 Å². The summed E-state index contributed by atoms with van der Waals surface area (Å²) in [6.45, 7) is 5.07. The smallest absolute Gasteiger partial charge is 0.333 e. The summed E-state index contributed by atoms with van der Waals surface area (Å²) in [6, 6.07) is 0.623. The quantitative estimate of drug-likeness (QED) is 0.592. The number of carbonyl (C=O) groups excluding carboxylic acids is 1. The van der Waals surface area contributed by atoms with Crippen LogP contribution >= 0.6 is 0 Å². The summed E-state index contributed by atoms with van der Waals surface area (Å²) >= 11 is 0. The first-order chi connectivity index (χ1) is 8.17. The van der Waals surface area contributed by atoms with Crippen LogP contribution in [0.5, 0.6) is 0 Å². The average molecular weight is 239 g/mol. The molecule has 0 aromatic carbocycles. The zero-order valence-corrected chi connectivity index (χ0v) is 11.3. The molecule has 0 bridgehead atoms. The maximum Gasteiger partial charge on any atom is 0.333 e. The van der Waals surface area contributed by atoms with Gasteiger partial charge in [-0.2, -0.15) is 0 Å². The van der Waals surface area contributed by atoms with Gasteiger partial charge in [0.15, 0.2) is 0 Å². The van der Waals surface area contributed by atoms with Crippen LogP contribution in [0.1, 0.15) is 46.0 Å².